The Morgan fingerprint density at radius 2 is 1.70 bits per heavy atom. The summed E-state index contributed by atoms with van der Waals surface area (Å²) in [5.74, 6) is 1.52. The summed E-state index contributed by atoms with van der Waals surface area (Å²) in [5.41, 5.74) is 3.07. The molecule has 1 aromatic carbocycles. The summed E-state index contributed by atoms with van der Waals surface area (Å²) < 4.78 is 0. The quantitative estimate of drug-likeness (QED) is 0.537. The van der Waals surface area contributed by atoms with Gasteiger partial charge in [-0.05, 0) is 68.2 Å². The molecule has 2 atom stereocenters. The Hall–Kier alpha value is -0.820. The zero-order valence-corrected chi connectivity index (χ0v) is 15.7. The first-order valence-electron chi connectivity index (χ1n) is 10.0. The van der Waals surface area contributed by atoms with Crippen LogP contribution in [-0.4, -0.2) is 24.5 Å². The molecule has 1 saturated heterocycles. The Morgan fingerprint density at radius 1 is 1.00 bits per heavy atom. The van der Waals surface area contributed by atoms with E-state index >= 15 is 0 Å². The maximum Gasteiger partial charge on any atom is 0.00102 e. The van der Waals surface area contributed by atoms with E-state index in [0.717, 1.165) is 11.8 Å². The van der Waals surface area contributed by atoms with Crippen molar-refractivity contribution < 1.29 is 0 Å². The summed E-state index contributed by atoms with van der Waals surface area (Å²) in [7, 11) is 0. The van der Waals surface area contributed by atoms with Gasteiger partial charge in [-0.25, -0.2) is 0 Å². The molecule has 2 unspecified atom stereocenters. The Morgan fingerprint density at radius 3 is 2.30 bits per heavy atom. The van der Waals surface area contributed by atoms with Gasteiger partial charge in [-0.3, -0.25) is 0 Å². The molecule has 0 radical (unpaired) electrons. The van der Waals surface area contributed by atoms with Crippen LogP contribution in [0.25, 0.3) is 0 Å². The highest BCUT2D eigenvalue weighted by Gasteiger charge is 2.14. The van der Waals surface area contributed by atoms with Crippen LogP contribution in [0.5, 0.6) is 0 Å². The van der Waals surface area contributed by atoms with E-state index in [0.29, 0.717) is 0 Å². The molecule has 1 aliphatic rings. The molecular weight excluding hydrogens is 278 g/mol. The molecule has 1 aromatic rings. The minimum atomic E-state index is 0.759. The van der Waals surface area contributed by atoms with Gasteiger partial charge in [-0.2, -0.15) is 0 Å². The van der Waals surface area contributed by atoms with Gasteiger partial charge < -0.3 is 4.90 Å². The summed E-state index contributed by atoms with van der Waals surface area (Å²) in [6.45, 7) is 10.9. The van der Waals surface area contributed by atoms with Crippen molar-refractivity contribution in [1.82, 2.24) is 4.90 Å². The van der Waals surface area contributed by atoms with Gasteiger partial charge in [0.2, 0.25) is 0 Å². The molecular formula is C22H37N. The first-order valence-corrected chi connectivity index (χ1v) is 10.0. The maximum absolute atomic E-state index is 2.67. The van der Waals surface area contributed by atoms with Gasteiger partial charge in [0.1, 0.15) is 0 Å². The van der Waals surface area contributed by atoms with Crippen LogP contribution in [0.15, 0.2) is 24.3 Å². The summed E-state index contributed by atoms with van der Waals surface area (Å²) >= 11 is 0. The fourth-order valence-corrected chi connectivity index (χ4v) is 4.03. The van der Waals surface area contributed by atoms with Crippen LogP contribution < -0.4 is 0 Å². The molecule has 130 valence electrons. The van der Waals surface area contributed by atoms with Crippen molar-refractivity contribution in [2.75, 3.05) is 19.6 Å². The Labute approximate surface area is 144 Å². The average molecular weight is 316 g/mol. The second-order valence-electron chi connectivity index (χ2n) is 7.66. The zero-order chi connectivity index (χ0) is 16.5. The van der Waals surface area contributed by atoms with Crippen LogP contribution in [0.4, 0.5) is 0 Å². The van der Waals surface area contributed by atoms with Crippen molar-refractivity contribution in [2.24, 2.45) is 5.92 Å². The average Bonchev–Trinajstić information content (AvgIpc) is 2.58. The smallest absolute Gasteiger partial charge is 0.00102 e. The van der Waals surface area contributed by atoms with E-state index in [1.165, 1.54) is 76.6 Å². The monoisotopic (exact) mass is 315 g/mol. The van der Waals surface area contributed by atoms with Gasteiger partial charge in [0, 0.05) is 6.54 Å². The lowest BCUT2D eigenvalue weighted by Gasteiger charge is -2.29. The molecule has 0 amide bonds. The summed E-state index contributed by atoms with van der Waals surface area (Å²) in [5, 5.41) is 0. The van der Waals surface area contributed by atoms with Crippen LogP contribution in [0, 0.1) is 5.92 Å². The van der Waals surface area contributed by atoms with Crippen LogP contribution in [0.1, 0.15) is 82.8 Å². The van der Waals surface area contributed by atoms with Crippen LogP contribution in [-0.2, 0) is 6.42 Å². The Kier molecular flexibility index (Phi) is 8.16. The third kappa shape index (κ3) is 6.30. The first-order chi connectivity index (χ1) is 11.2. The lowest BCUT2D eigenvalue weighted by atomic mass is 9.90. The largest absolute Gasteiger partial charge is 0.303 e. The normalized spacial score (nSPS) is 18.7. The summed E-state index contributed by atoms with van der Waals surface area (Å²) in [4.78, 5) is 2.67. The Balaban J connectivity index is 1.83. The third-order valence-electron chi connectivity index (χ3n) is 5.45. The van der Waals surface area contributed by atoms with E-state index in [2.05, 4.69) is 49.9 Å². The number of rotatable bonds is 9. The second-order valence-corrected chi connectivity index (χ2v) is 7.66. The van der Waals surface area contributed by atoms with Crippen molar-refractivity contribution in [2.45, 2.75) is 78.1 Å². The third-order valence-corrected chi connectivity index (χ3v) is 5.45. The molecule has 1 aliphatic heterocycles. The molecule has 1 heterocycles. The molecule has 0 saturated carbocycles. The zero-order valence-electron chi connectivity index (χ0n) is 15.7. The summed E-state index contributed by atoms with van der Waals surface area (Å²) in [6, 6.07) is 9.56. The number of unbranched alkanes of at least 4 members (excludes halogenated alkanes) is 1. The van der Waals surface area contributed by atoms with Crippen molar-refractivity contribution in [1.29, 1.82) is 0 Å². The first kappa shape index (κ1) is 18.5. The van der Waals surface area contributed by atoms with E-state index in [1.54, 1.807) is 5.56 Å². The van der Waals surface area contributed by atoms with Gasteiger partial charge in [-0.15, -0.1) is 0 Å². The van der Waals surface area contributed by atoms with Crippen molar-refractivity contribution in [3.05, 3.63) is 35.4 Å². The van der Waals surface area contributed by atoms with E-state index < -0.39 is 0 Å². The predicted octanol–water partition coefficient (Wildman–Crippen LogP) is 6.03. The molecule has 1 nitrogen and oxygen atoms in total. The summed E-state index contributed by atoms with van der Waals surface area (Å²) in [6.07, 6.45) is 10.7. The minimum absolute atomic E-state index is 0.759. The number of piperidine rings is 1. The lowest BCUT2D eigenvalue weighted by Crippen LogP contribution is -2.34. The van der Waals surface area contributed by atoms with Gasteiger partial charge in [0.05, 0.1) is 0 Å². The molecule has 2 rings (SSSR count). The molecule has 23 heavy (non-hydrogen) atoms. The fraction of sp³-hybridized carbons (Fsp3) is 0.727. The van der Waals surface area contributed by atoms with Gasteiger partial charge in [0.25, 0.3) is 0 Å². The topological polar surface area (TPSA) is 3.24 Å². The standard InChI is InChI=1S/C22H37N/c1-4-6-10-21(5-2)22-13-11-20(12-14-22)17-19(3)18-23-15-8-7-9-16-23/h11-14,19,21H,4-10,15-18H2,1-3H3. The number of likely N-dealkylation sites (tertiary alicyclic amines) is 1. The van der Waals surface area contributed by atoms with Crippen LogP contribution >= 0.6 is 0 Å². The van der Waals surface area contributed by atoms with Crippen molar-refractivity contribution >= 4 is 0 Å². The number of nitrogens with zero attached hydrogens (tertiary/aromatic N) is 1. The van der Waals surface area contributed by atoms with Crippen LogP contribution in [0.3, 0.4) is 0 Å². The van der Waals surface area contributed by atoms with E-state index in [1.807, 2.05) is 0 Å². The van der Waals surface area contributed by atoms with E-state index in [9.17, 15) is 0 Å². The minimum Gasteiger partial charge on any atom is -0.303 e. The highest BCUT2D eigenvalue weighted by molar-refractivity contribution is 5.25. The maximum atomic E-state index is 2.67. The molecule has 1 fully saturated rings. The van der Waals surface area contributed by atoms with Gasteiger partial charge >= 0.3 is 0 Å². The van der Waals surface area contributed by atoms with Crippen LogP contribution in [0.2, 0.25) is 0 Å². The number of hydrogen-bond donors (Lipinski definition) is 0. The number of hydrogen-bond acceptors (Lipinski definition) is 1. The molecule has 0 N–H and O–H groups in total. The molecule has 0 aliphatic carbocycles. The highest BCUT2D eigenvalue weighted by Crippen LogP contribution is 2.26. The lowest BCUT2D eigenvalue weighted by molar-refractivity contribution is 0.200. The molecule has 0 aromatic heterocycles. The van der Waals surface area contributed by atoms with Crippen molar-refractivity contribution in [3.63, 3.8) is 0 Å². The van der Waals surface area contributed by atoms with Crippen molar-refractivity contribution in [3.8, 4) is 0 Å². The molecule has 0 bridgehead atoms. The Bertz CT molecular complexity index is 416. The molecule has 1 heteroatoms. The highest BCUT2D eigenvalue weighted by atomic mass is 15.1. The van der Waals surface area contributed by atoms with E-state index in [4.69, 9.17) is 0 Å². The SMILES string of the molecule is CCCCC(CC)c1ccc(CC(C)CN2CCCCC2)cc1. The predicted molar refractivity (Wildman–Crippen MR) is 102 cm³/mol. The van der Waals surface area contributed by atoms with E-state index in [-0.39, 0.29) is 0 Å². The number of benzene rings is 1. The van der Waals surface area contributed by atoms with Gasteiger partial charge in [0.15, 0.2) is 0 Å². The van der Waals surface area contributed by atoms with Gasteiger partial charge in [-0.1, -0.05) is 64.3 Å². The molecule has 0 spiro atoms. The fourth-order valence-electron chi connectivity index (χ4n) is 4.03. The second kappa shape index (κ2) is 10.1.